The van der Waals surface area contributed by atoms with E-state index in [9.17, 15) is 19.5 Å². The number of hydrogen-bond acceptors (Lipinski definition) is 6. The number of thiazole rings is 1. The van der Waals surface area contributed by atoms with Crippen LogP contribution in [0.1, 0.15) is 27.6 Å². The maximum Gasteiger partial charge on any atom is 0.338 e. The van der Waals surface area contributed by atoms with Crippen LogP contribution in [0.15, 0.2) is 77.0 Å². The summed E-state index contributed by atoms with van der Waals surface area (Å²) in [6.07, 6.45) is 0. The van der Waals surface area contributed by atoms with E-state index >= 15 is 0 Å². The topological polar surface area (TPSA) is 108 Å². The normalized spacial score (nSPS) is 11.7. The molecule has 0 aliphatic heterocycles. The quantitative estimate of drug-likeness (QED) is 0.0850. The second kappa shape index (κ2) is 13.1. The van der Waals surface area contributed by atoms with Crippen molar-refractivity contribution < 1.29 is 19.5 Å². The molecule has 0 bridgehead atoms. The van der Waals surface area contributed by atoms with Gasteiger partial charge in [0, 0.05) is 21.5 Å². The van der Waals surface area contributed by atoms with Crippen LogP contribution in [-0.2, 0) is 4.79 Å². The number of nitrogens with one attached hydrogen (secondary N) is 2. The summed E-state index contributed by atoms with van der Waals surface area (Å²) in [6.45, 7) is 1.75. The van der Waals surface area contributed by atoms with E-state index in [2.05, 4.69) is 21.7 Å². The molecule has 7 nitrogen and oxygen atoms in total. The Hall–Kier alpha value is -3.31. The Labute approximate surface area is 274 Å². The van der Waals surface area contributed by atoms with Crippen molar-refractivity contribution in [2.24, 2.45) is 0 Å². The Morgan fingerprint density at radius 2 is 1.53 bits per heavy atom. The molecule has 1 atom stereocenters. The molecule has 13 heteroatoms. The first-order chi connectivity index (χ1) is 20.5. The van der Waals surface area contributed by atoms with Crippen molar-refractivity contribution >= 4 is 109 Å². The van der Waals surface area contributed by atoms with Crippen LogP contribution in [0, 0.1) is 0 Å². The predicted molar refractivity (Wildman–Crippen MR) is 177 cm³/mol. The summed E-state index contributed by atoms with van der Waals surface area (Å²) >= 11 is 26.9. The zero-order valence-corrected chi connectivity index (χ0v) is 26.6. The van der Waals surface area contributed by atoms with Gasteiger partial charge in [0.25, 0.3) is 5.91 Å². The number of carboxylic acids is 1. The molecule has 0 saturated carbocycles. The molecule has 0 spiro atoms. The van der Waals surface area contributed by atoms with Crippen molar-refractivity contribution in [3.63, 3.8) is 0 Å². The molecular formula is C30H19Cl4N3O4S2. The number of hydrogen-bond donors (Lipinski definition) is 3. The van der Waals surface area contributed by atoms with Crippen molar-refractivity contribution in [1.29, 1.82) is 0 Å². The van der Waals surface area contributed by atoms with Gasteiger partial charge < -0.3 is 15.7 Å². The van der Waals surface area contributed by atoms with E-state index < -0.39 is 33.3 Å². The molecule has 1 unspecified atom stereocenters. The van der Waals surface area contributed by atoms with Crippen molar-refractivity contribution in [2.75, 3.05) is 10.6 Å². The van der Waals surface area contributed by atoms with Crippen LogP contribution < -0.4 is 10.6 Å². The number of carbonyl (C=O) groups excluding carboxylic acids is 2. The van der Waals surface area contributed by atoms with E-state index in [1.54, 1.807) is 31.2 Å². The average molecular weight is 691 g/mol. The number of thioether (sulfide) groups is 1. The standard InChI is InChI=1S/C30H19Cl4N3O4S2/c1-14(27(38)37-30-36-20(13-42-30)17-10-9-15-5-2-3-6-16(15)11-17)43-19-8-4-7-18(12-19)35-28(39)21-22(29(40)41)24(32)26(34)25(33)23(21)31/h2-14H,1H3,(H,35,39)(H,40,41)(H,36,37,38). The number of fused-ring (bicyclic) bond motifs is 1. The van der Waals surface area contributed by atoms with Gasteiger partial charge in [-0.2, -0.15) is 0 Å². The molecule has 5 aromatic rings. The molecule has 0 aliphatic rings. The second-order valence-corrected chi connectivity index (χ2v) is 12.9. The predicted octanol–water partition coefficient (Wildman–Crippen LogP) is 9.65. The number of rotatable bonds is 8. The van der Waals surface area contributed by atoms with Gasteiger partial charge in [-0.05, 0) is 42.0 Å². The van der Waals surface area contributed by atoms with Gasteiger partial charge in [0.05, 0.1) is 42.2 Å². The molecule has 1 heterocycles. The molecule has 4 aromatic carbocycles. The fraction of sp³-hybridized carbons (Fsp3) is 0.0667. The molecule has 3 N–H and O–H groups in total. The van der Waals surface area contributed by atoms with Crippen molar-refractivity contribution in [1.82, 2.24) is 4.98 Å². The molecular weight excluding hydrogens is 672 g/mol. The van der Waals surface area contributed by atoms with Gasteiger partial charge in [0.1, 0.15) is 0 Å². The van der Waals surface area contributed by atoms with E-state index in [4.69, 9.17) is 46.4 Å². The van der Waals surface area contributed by atoms with Gasteiger partial charge in [-0.15, -0.1) is 23.1 Å². The van der Waals surface area contributed by atoms with E-state index in [0.717, 1.165) is 22.0 Å². The SMILES string of the molecule is CC(Sc1cccc(NC(=O)c2c(Cl)c(Cl)c(Cl)c(Cl)c2C(=O)O)c1)C(=O)Nc1nc(-c2ccc3ccccc3c2)cs1. The lowest BCUT2D eigenvalue weighted by Gasteiger charge is -2.15. The zero-order chi connectivity index (χ0) is 30.8. The van der Waals surface area contributed by atoms with Crippen LogP contribution in [0.4, 0.5) is 10.8 Å². The van der Waals surface area contributed by atoms with E-state index in [-0.39, 0.29) is 21.0 Å². The lowest BCUT2D eigenvalue weighted by atomic mass is 10.1. The number of halogens is 4. The molecule has 0 fully saturated rings. The highest BCUT2D eigenvalue weighted by Gasteiger charge is 2.29. The van der Waals surface area contributed by atoms with Gasteiger partial charge in [-0.1, -0.05) is 88.9 Å². The smallest absolute Gasteiger partial charge is 0.338 e. The molecule has 1 aromatic heterocycles. The van der Waals surface area contributed by atoms with Crippen LogP contribution in [0.5, 0.6) is 0 Å². The minimum atomic E-state index is -1.50. The van der Waals surface area contributed by atoms with E-state index in [1.165, 1.54) is 23.1 Å². The maximum atomic E-state index is 13.1. The van der Waals surface area contributed by atoms with Crippen LogP contribution in [0.3, 0.4) is 0 Å². The first kappa shape index (κ1) is 31.1. The van der Waals surface area contributed by atoms with Crippen molar-refractivity contribution in [3.8, 4) is 11.3 Å². The summed E-state index contributed by atoms with van der Waals surface area (Å²) < 4.78 is 0. The fourth-order valence-corrected chi connectivity index (χ4v) is 6.83. The summed E-state index contributed by atoms with van der Waals surface area (Å²) in [4.78, 5) is 43.2. The summed E-state index contributed by atoms with van der Waals surface area (Å²) in [7, 11) is 0. The number of carboxylic acid groups (broad SMARTS) is 1. The Morgan fingerprint density at radius 1 is 0.837 bits per heavy atom. The number of carbonyl (C=O) groups is 3. The molecule has 0 aliphatic carbocycles. The molecule has 5 rings (SSSR count). The Bertz CT molecular complexity index is 1910. The Morgan fingerprint density at radius 3 is 2.26 bits per heavy atom. The Kier molecular flexibility index (Phi) is 9.51. The lowest BCUT2D eigenvalue weighted by Crippen LogP contribution is -2.22. The number of aromatic nitrogens is 1. The first-order valence-corrected chi connectivity index (χ1v) is 15.7. The van der Waals surface area contributed by atoms with Crippen molar-refractivity contribution in [3.05, 3.63) is 103 Å². The summed E-state index contributed by atoms with van der Waals surface area (Å²) in [6, 6.07) is 20.9. The molecule has 0 saturated heterocycles. The number of aromatic carboxylic acids is 1. The fourth-order valence-electron chi connectivity index (χ4n) is 4.16. The molecule has 43 heavy (non-hydrogen) atoms. The summed E-state index contributed by atoms with van der Waals surface area (Å²) in [5, 5.41) is 18.0. The van der Waals surface area contributed by atoms with Gasteiger partial charge in [-0.3, -0.25) is 9.59 Å². The minimum Gasteiger partial charge on any atom is -0.478 e. The summed E-state index contributed by atoms with van der Waals surface area (Å²) in [5.74, 6) is -2.59. The minimum absolute atomic E-state index is 0.239. The Balaban J connectivity index is 1.26. The van der Waals surface area contributed by atoms with E-state index in [1.807, 2.05) is 41.8 Å². The molecule has 0 radical (unpaired) electrons. The highest BCUT2D eigenvalue weighted by atomic mass is 35.5. The average Bonchev–Trinajstić information content (AvgIpc) is 3.45. The summed E-state index contributed by atoms with van der Waals surface area (Å²) in [5.41, 5.74) is 1.06. The second-order valence-electron chi connectivity index (χ2n) is 9.14. The van der Waals surface area contributed by atoms with Crippen LogP contribution in [0.25, 0.3) is 22.0 Å². The molecule has 218 valence electrons. The van der Waals surface area contributed by atoms with Crippen molar-refractivity contribution in [2.45, 2.75) is 17.1 Å². The van der Waals surface area contributed by atoms with Crippen LogP contribution in [0.2, 0.25) is 20.1 Å². The monoisotopic (exact) mass is 689 g/mol. The van der Waals surface area contributed by atoms with Gasteiger partial charge >= 0.3 is 5.97 Å². The highest BCUT2D eigenvalue weighted by Crippen LogP contribution is 2.42. The van der Waals surface area contributed by atoms with E-state index in [0.29, 0.717) is 15.7 Å². The largest absolute Gasteiger partial charge is 0.478 e. The maximum absolute atomic E-state index is 13.1. The van der Waals surface area contributed by atoms with Crippen LogP contribution in [-0.4, -0.2) is 33.1 Å². The number of anilines is 2. The van der Waals surface area contributed by atoms with Crippen LogP contribution >= 0.6 is 69.5 Å². The lowest BCUT2D eigenvalue weighted by molar-refractivity contribution is -0.115. The van der Waals surface area contributed by atoms with Gasteiger partial charge in [0.2, 0.25) is 5.91 Å². The third-order valence-corrected chi connectivity index (χ3v) is 9.92. The van der Waals surface area contributed by atoms with Gasteiger partial charge in [0.15, 0.2) is 5.13 Å². The number of amides is 2. The van der Waals surface area contributed by atoms with Gasteiger partial charge in [-0.25, -0.2) is 9.78 Å². The third-order valence-electron chi connectivity index (χ3n) is 6.26. The molecule has 2 amide bonds. The number of nitrogens with zero attached hydrogens (tertiary/aromatic N) is 1. The highest BCUT2D eigenvalue weighted by molar-refractivity contribution is 8.00. The third kappa shape index (κ3) is 6.77. The first-order valence-electron chi connectivity index (χ1n) is 12.5. The number of benzene rings is 4. The zero-order valence-electron chi connectivity index (χ0n) is 22.0.